The monoisotopic (exact) mass is 507 g/mol. The molecule has 0 aliphatic carbocycles. The van der Waals surface area contributed by atoms with Crippen LogP contribution in [0.5, 0.6) is 0 Å². The molecule has 2 aromatic carbocycles. The van der Waals surface area contributed by atoms with E-state index in [1.807, 2.05) is 4.72 Å². The Morgan fingerprint density at radius 2 is 1.88 bits per heavy atom. The molecule has 0 saturated heterocycles. The lowest BCUT2D eigenvalue weighted by Crippen LogP contribution is -2.18. The number of benzene rings is 2. The third-order valence-corrected chi connectivity index (χ3v) is 6.79. The highest BCUT2D eigenvalue weighted by molar-refractivity contribution is 7.92. The van der Waals surface area contributed by atoms with Crippen molar-refractivity contribution in [2.45, 2.75) is 13.3 Å². The fourth-order valence-electron chi connectivity index (χ4n) is 3.52. The van der Waals surface area contributed by atoms with Crippen molar-refractivity contribution in [1.29, 1.82) is 0 Å². The number of sulfonamides is 1. The predicted molar refractivity (Wildman–Crippen MR) is 124 cm³/mol. The molecule has 6 nitrogen and oxygen atoms in total. The standard InChI is InChI=1S/C23H17ClF3N3O3S/c1-2-7-34(32,33)30-19-6-5-17(25)20(21(19)27)22(31)16-11-29-23-15(16)8-12(10-28-23)14-4-3-13(24)9-18(14)26/h3-6,8-11,30H,2,7H2,1H3,(H,28,29). The number of pyridine rings is 1. The van der Waals surface area contributed by atoms with Gasteiger partial charge in [0.1, 0.15) is 17.3 Å². The van der Waals surface area contributed by atoms with Gasteiger partial charge in [0.25, 0.3) is 0 Å². The normalized spacial score (nSPS) is 11.7. The lowest BCUT2D eigenvalue weighted by atomic mass is 9.99. The first kappa shape index (κ1) is 23.8. The van der Waals surface area contributed by atoms with E-state index in [0.717, 1.165) is 18.2 Å². The van der Waals surface area contributed by atoms with Crippen LogP contribution in [-0.4, -0.2) is 29.9 Å². The number of carbonyl (C=O) groups is 1. The molecule has 0 bridgehead atoms. The Morgan fingerprint density at radius 3 is 2.59 bits per heavy atom. The zero-order chi connectivity index (χ0) is 24.6. The van der Waals surface area contributed by atoms with Crippen molar-refractivity contribution in [3.8, 4) is 11.1 Å². The molecule has 0 saturated carbocycles. The van der Waals surface area contributed by atoms with Gasteiger partial charge in [0.15, 0.2) is 5.82 Å². The average molecular weight is 508 g/mol. The second-order valence-corrected chi connectivity index (χ2v) is 9.76. The van der Waals surface area contributed by atoms with Crippen molar-refractivity contribution < 1.29 is 26.4 Å². The van der Waals surface area contributed by atoms with Gasteiger partial charge >= 0.3 is 0 Å². The molecule has 34 heavy (non-hydrogen) atoms. The van der Waals surface area contributed by atoms with Crippen LogP contribution in [0.25, 0.3) is 22.2 Å². The Hall–Kier alpha value is -3.37. The van der Waals surface area contributed by atoms with Gasteiger partial charge in [-0.3, -0.25) is 9.52 Å². The number of nitrogens with zero attached hydrogens (tertiary/aromatic N) is 1. The quantitative estimate of drug-likeness (QED) is 0.315. The molecule has 0 aliphatic heterocycles. The average Bonchev–Trinajstić information content (AvgIpc) is 3.19. The van der Waals surface area contributed by atoms with E-state index < -0.39 is 44.5 Å². The van der Waals surface area contributed by atoms with E-state index in [2.05, 4.69) is 9.97 Å². The zero-order valence-corrected chi connectivity index (χ0v) is 19.2. The maximum absolute atomic E-state index is 15.1. The number of rotatable bonds is 7. The first-order chi connectivity index (χ1) is 16.1. The number of aromatic nitrogens is 2. The number of ketones is 1. The second-order valence-electron chi connectivity index (χ2n) is 7.48. The summed E-state index contributed by atoms with van der Waals surface area (Å²) < 4.78 is 70.2. The highest BCUT2D eigenvalue weighted by Gasteiger charge is 2.26. The van der Waals surface area contributed by atoms with Crippen LogP contribution in [0, 0.1) is 17.5 Å². The van der Waals surface area contributed by atoms with Crippen LogP contribution in [0.2, 0.25) is 5.02 Å². The molecule has 4 rings (SSSR count). The summed E-state index contributed by atoms with van der Waals surface area (Å²) >= 11 is 5.80. The molecule has 0 radical (unpaired) electrons. The van der Waals surface area contributed by atoms with Crippen molar-refractivity contribution >= 4 is 44.1 Å². The summed E-state index contributed by atoms with van der Waals surface area (Å²) in [5.74, 6) is -4.42. The maximum atomic E-state index is 15.1. The number of carbonyl (C=O) groups excluding carboxylic acids is 1. The molecule has 0 unspecified atom stereocenters. The second kappa shape index (κ2) is 9.11. The number of nitrogens with one attached hydrogen (secondary N) is 2. The van der Waals surface area contributed by atoms with E-state index in [-0.39, 0.29) is 39.4 Å². The molecule has 0 fully saturated rings. The molecule has 0 spiro atoms. The lowest BCUT2D eigenvalue weighted by Gasteiger charge is -2.11. The summed E-state index contributed by atoms with van der Waals surface area (Å²) in [6.45, 7) is 1.63. The van der Waals surface area contributed by atoms with Gasteiger partial charge in [-0.15, -0.1) is 0 Å². The summed E-state index contributed by atoms with van der Waals surface area (Å²) in [6.07, 6.45) is 2.89. The Labute approximate surface area is 197 Å². The topological polar surface area (TPSA) is 91.9 Å². The number of hydrogen-bond donors (Lipinski definition) is 2. The molecule has 4 aromatic rings. The van der Waals surface area contributed by atoms with E-state index in [0.29, 0.717) is 5.56 Å². The van der Waals surface area contributed by atoms with E-state index >= 15 is 4.39 Å². The lowest BCUT2D eigenvalue weighted by molar-refractivity contribution is 0.103. The van der Waals surface area contributed by atoms with Crippen molar-refractivity contribution in [3.63, 3.8) is 0 Å². The number of aromatic amines is 1. The molecule has 11 heteroatoms. The highest BCUT2D eigenvalue weighted by Crippen LogP contribution is 2.31. The fraction of sp³-hybridized carbons (Fsp3) is 0.130. The molecule has 0 aliphatic rings. The first-order valence-corrected chi connectivity index (χ1v) is 12.1. The van der Waals surface area contributed by atoms with Gasteiger partial charge in [-0.1, -0.05) is 18.5 Å². The van der Waals surface area contributed by atoms with Gasteiger partial charge < -0.3 is 4.98 Å². The van der Waals surface area contributed by atoms with E-state index in [4.69, 9.17) is 11.6 Å². The summed E-state index contributed by atoms with van der Waals surface area (Å²) in [5, 5.41) is 0.404. The molecular weight excluding hydrogens is 491 g/mol. The van der Waals surface area contributed by atoms with Crippen molar-refractivity contribution in [2.24, 2.45) is 0 Å². The summed E-state index contributed by atoms with van der Waals surface area (Å²) in [5.41, 5.74) is -0.867. The molecule has 176 valence electrons. The van der Waals surface area contributed by atoms with Gasteiger partial charge in [0, 0.05) is 39.5 Å². The van der Waals surface area contributed by atoms with Crippen LogP contribution in [0.1, 0.15) is 29.3 Å². The maximum Gasteiger partial charge on any atom is 0.232 e. The van der Waals surface area contributed by atoms with Gasteiger partial charge in [-0.05, 0) is 42.8 Å². The number of halogens is 4. The van der Waals surface area contributed by atoms with E-state index in [1.165, 1.54) is 30.6 Å². The summed E-state index contributed by atoms with van der Waals surface area (Å²) in [6, 6.07) is 7.24. The first-order valence-electron chi connectivity index (χ1n) is 10.1. The van der Waals surface area contributed by atoms with Gasteiger partial charge in [0.2, 0.25) is 15.8 Å². The fourth-order valence-corrected chi connectivity index (χ4v) is 4.81. The van der Waals surface area contributed by atoms with Gasteiger partial charge in [-0.2, -0.15) is 0 Å². The molecule has 0 atom stereocenters. The Morgan fingerprint density at radius 1 is 1.12 bits per heavy atom. The minimum Gasteiger partial charge on any atom is -0.345 e. The number of hydrogen-bond acceptors (Lipinski definition) is 4. The zero-order valence-electron chi connectivity index (χ0n) is 17.6. The third-order valence-electron chi connectivity index (χ3n) is 5.07. The summed E-state index contributed by atoms with van der Waals surface area (Å²) in [4.78, 5) is 20.1. The van der Waals surface area contributed by atoms with Crippen molar-refractivity contribution in [3.05, 3.63) is 82.4 Å². The Kier molecular flexibility index (Phi) is 6.37. The molecule has 2 aromatic heterocycles. The predicted octanol–water partition coefficient (Wildman–Crippen LogP) is 5.68. The van der Waals surface area contributed by atoms with Crippen LogP contribution in [0.3, 0.4) is 0 Å². The van der Waals surface area contributed by atoms with Crippen LogP contribution >= 0.6 is 11.6 Å². The van der Waals surface area contributed by atoms with Crippen LogP contribution in [-0.2, 0) is 10.0 Å². The Bertz CT molecular complexity index is 1540. The third kappa shape index (κ3) is 4.51. The van der Waals surface area contributed by atoms with E-state index in [1.54, 1.807) is 6.92 Å². The highest BCUT2D eigenvalue weighted by atomic mass is 35.5. The number of fused-ring (bicyclic) bond motifs is 1. The number of H-pyrrole nitrogens is 1. The summed E-state index contributed by atoms with van der Waals surface area (Å²) in [7, 11) is -3.88. The minimum atomic E-state index is -3.88. The van der Waals surface area contributed by atoms with Crippen LogP contribution < -0.4 is 4.72 Å². The minimum absolute atomic E-state index is 0.120. The van der Waals surface area contributed by atoms with Gasteiger partial charge in [0.05, 0.1) is 17.0 Å². The Balaban J connectivity index is 1.80. The molecule has 2 heterocycles. The van der Waals surface area contributed by atoms with Gasteiger partial charge in [-0.25, -0.2) is 26.6 Å². The smallest absolute Gasteiger partial charge is 0.232 e. The van der Waals surface area contributed by atoms with Crippen LogP contribution in [0.4, 0.5) is 18.9 Å². The largest absolute Gasteiger partial charge is 0.345 e. The molecule has 2 N–H and O–H groups in total. The van der Waals surface area contributed by atoms with Crippen LogP contribution in [0.15, 0.2) is 48.8 Å². The molecule has 0 amide bonds. The number of anilines is 1. The van der Waals surface area contributed by atoms with Crippen molar-refractivity contribution in [1.82, 2.24) is 9.97 Å². The SMILES string of the molecule is CCCS(=O)(=O)Nc1ccc(F)c(C(=O)c2c[nH]c3ncc(-c4ccc(Cl)cc4F)cc23)c1F. The van der Waals surface area contributed by atoms with E-state index in [9.17, 15) is 22.0 Å². The van der Waals surface area contributed by atoms with Crippen molar-refractivity contribution in [2.75, 3.05) is 10.5 Å². The molecular formula is C23H17ClF3N3O3S.